The maximum atomic E-state index is 12.5. The van der Waals surface area contributed by atoms with Crippen LogP contribution in [0.4, 0.5) is 16.3 Å². The van der Waals surface area contributed by atoms with Crippen LogP contribution in [0.3, 0.4) is 0 Å². The van der Waals surface area contributed by atoms with Crippen LogP contribution in [0.1, 0.15) is 22.8 Å². The molecule has 0 bridgehead atoms. The highest BCUT2D eigenvalue weighted by Gasteiger charge is 2.24. The Bertz CT molecular complexity index is 891. The van der Waals surface area contributed by atoms with Crippen molar-refractivity contribution < 1.29 is 14.4 Å². The number of carbonyl (C=O) groups is 3. The standard InChI is InChI=1S/C20H24N6O3/c1-14(27)23-13-15-4-6-16(7-5-15)24-20(29)26-11-9-25(10-12-26)19-17(18(21)28)3-2-8-22-19/h2-8H,9-13H2,1H3,(H2,21,28)(H,23,27)(H,24,29). The topological polar surface area (TPSA) is 121 Å². The first-order chi connectivity index (χ1) is 13.9. The Balaban J connectivity index is 1.54. The van der Waals surface area contributed by atoms with Crippen LogP contribution in [0.15, 0.2) is 42.6 Å². The number of anilines is 2. The molecule has 1 aliphatic rings. The molecule has 4 amide bonds. The normalized spacial score (nSPS) is 13.7. The van der Waals surface area contributed by atoms with Crippen molar-refractivity contribution >= 4 is 29.4 Å². The van der Waals surface area contributed by atoms with Crippen LogP contribution in [0.2, 0.25) is 0 Å². The van der Waals surface area contributed by atoms with Gasteiger partial charge in [-0.05, 0) is 29.8 Å². The van der Waals surface area contributed by atoms with Gasteiger partial charge in [0.2, 0.25) is 5.91 Å². The van der Waals surface area contributed by atoms with E-state index in [4.69, 9.17) is 5.73 Å². The number of hydrogen-bond acceptors (Lipinski definition) is 5. The van der Waals surface area contributed by atoms with E-state index in [1.54, 1.807) is 35.4 Å². The number of urea groups is 1. The molecule has 1 aliphatic heterocycles. The number of aromatic nitrogens is 1. The van der Waals surface area contributed by atoms with Crippen LogP contribution in [-0.2, 0) is 11.3 Å². The van der Waals surface area contributed by atoms with Gasteiger partial charge < -0.3 is 26.2 Å². The second kappa shape index (κ2) is 9.05. The number of nitrogens with one attached hydrogen (secondary N) is 2. The smallest absolute Gasteiger partial charge is 0.321 e. The molecule has 3 rings (SSSR count). The number of nitrogens with two attached hydrogens (primary N) is 1. The molecule has 2 aromatic rings. The number of benzene rings is 1. The number of nitrogens with zero attached hydrogens (tertiary/aromatic N) is 3. The fraction of sp³-hybridized carbons (Fsp3) is 0.300. The summed E-state index contributed by atoms with van der Waals surface area (Å²) in [6.45, 7) is 4.03. The Labute approximate surface area is 168 Å². The minimum Gasteiger partial charge on any atom is -0.365 e. The molecular weight excluding hydrogens is 372 g/mol. The third-order valence-electron chi connectivity index (χ3n) is 4.67. The molecule has 4 N–H and O–H groups in total. The van der Waals surface area contributed by atoms with Gasteiger partial charge in [0, 0.05) is 51.5 Å². The summed E-state index contributed by atoms with van der Waals surface area (Å²) in [5, 5.41) is 5.61. The van der Waals surface area contributed by atoms with Gasteiger partial charge in [0.05, 0.1) is 5.56 Å². The van der Waals surface area contributed by atoms with Crippen molar-refractivity contribution in [1.82, 2.24) is 15.2 Å². The first kappa shape index (κ1) is 20.1. The van der Waals surface area contributed by atoms with Gasteiger partial charge >= 0.3 is 6.03 Å². The van der Waals surface area contributed by atoms with Gasteiger partial charge in [-0.25, -0.2) is 9.78 Å². The van der Waals surface area contributed by atoms with Crippen molar-refractivity contribution in [2.75, 3.05) is 36.4 Å². The summed E-state index contributed by atoms with van der Waals surface area (Å²) in [6.07, 6.45) is 1.62. The van der Waals surface area contributed by atoms with Gasteiger partial charge in [0.15, 0.2) is 0 Å². The molecule has 0 unspecified atom stereocenters. The lowest BCUT2D eigenvalue weighted by Gasteiger charge is -2.35. The second-order valence-corrected chi connectivity index (χ2v) is 6.75. The van der Waals surface area contributed by atoms with Crippen LogP contribution in [0.25, 0.3) is 0 Å². The van der Waals surface area contributed by atoms with Crippen LogP contribution >= 0.6 is 0 Å². The average molecular weight is 396 g/mol. The lowest BCUT2D eigenvalue weighted by molar-refractivity contribution is -0.119. The van der Waals surface area contributed by atoms with Crippen LogP contribution < -0.4 is 21.3 Å². The molecule has 0 atom stereocenters. The van der Waals surface area contributed by atoms with Gasteiger partial charge in [-0.1, -0.05) is 12.1 Å². The van der Waals surface area contributed by atoms with Crippen molar-refractivity contribution in [2.24, 2.45) is 5.73 Å². The quantitative estimate of drug-likeness (QED) is 0.701. The van der Waals surface area contributed by atoms with E-state index in [0.29, 0.717) is 49.8 Å². The Morgan fingerprint density at radius 2 is 1.76 bits per heavy atom. The molecule has 0 saturated carbocycles. The first-order valence-electron chi connectivity index (χ1n) is 9.33. The van der Waals surface area contributed by atoms with Crippen LogP contribution in [-0.4, -0.2) is 53.9 Å². The molecule has 1 aromatic heterocycles. The zero-order valence-electron chi connectivity index (χ0n) is 16.2. The summed E-state index contributed by atoms with van der Waals surface area (Å²) >= 11 is 0. The Morgan fingerprint density at radius 3 is 2.38 bits per heavy atom. The third-order valence-corrected chi connectivity index (χ3v) is 4.67. The number of hydrogen-bond donors (Lipinski definition) is 3. The molecular formula is C20H24N6O3. The van der Waals surface area contributed by atoms with Crippen LogP contribution in [0, 0.1) is 0 Å². The van der Waals surface area contributed by atoms with Gasteiger partial charge in [-0.2, -0.15) is 0 Å². The third kappa shape index (κ3) is 5.22. The van der Waals surface area contributed by atoms with E-state index in [9.17, 15) is 14.4 Å². The molecule has 1 saturated heterocycles. The van der Waals surface area contributed by atoms with E-state index in [0.717, 1.165) is 5.56 Å². The maximum absolute atomic E-state index is 12.5. The molecule has 0 radical (unpaired) electrons. The average Bonchev–Trinajstić information content (AvgIpc) is 2.73. The molecule has 9 nitrogen and oxygen atoms in total. The first-order valence-corrected chi connectivity index (χ1v) is 9.33. The van der Waals surface area contributed by atoms with Crippen molar-refractivity contribution in [2.45, 2.75) is 13.5 Å². The summed E-state index contributed by atoms with van der Waals surface area (Å²) in [4.78, 5) is 43.1. The summed E-state index contributed by atoms with van der Waals surface area (Å²) in [6, 6.07) is 10.5. The summed E-state index contributed by atoms with van der Waals surface area (Å²) in [5.41, 5.74) is 7.44. The lowest BCUT2D eigenvalue weighted by Crippen LogP contribution is -2.50. The second-order valence-electron chi connectivity index (χ2n) is 6.75. The number of amides is 4. The highest BCUT2D eigenvalue weighted by Crippen LogP contribution is 2.19. The highest BCUT2D eigenvalue weighted by atomic mass is 16.2. The Kier molecular flexibility index (Phi) is 6.28. The summed E-state index contributed by atoms with van der Waals surface area (Å²) in [7, 11) is 0. The molecule has 0 spiro atoms. The minimum atomic E-state index is -0.518. The van der Waals surface area contributed by atoms with E-state index < -0.39 is 5.91 Å². The fourth-order valence-electron chi connectivity index (χ4n) is 3.10. The Hall–Kier alpha value is -3.62. The molecule has 152 valence electrons. The van der Waals surface area contributed by atoms with Crippen LogP contribution in [0.5, 0.6) is 0 Å². The zero-order chi connectivity index (χ0) is 20.8. The molecule has 9 heteroatoms. The predicted octanol–water partition coefficient (Wildman–Crippen LogP) is 1.17. The van der Waals surface area contributed by atoms with E-state index in [1.807, 2.05) is 17.0 Å². The van der Waals surface area contributed by atoms with Gasteiger partial charge in [-0.3, -0.25) is 9.59 Å². The zero-order valence-corrected chi connectivity index (χ0v) is 16.2. The largest absolute Gasteiger partial charge is 0.365 e. The van der Waals surface area contributed by atoms with Crippen molar-refractivity contribution in [3.63, 3.8) is 0 Å². The van der Waals surface area contributed by atoms with Crippen molar-refractivity contribution in [1.29, 1.82) is 0 Å². The van der Waals surface area contributed by atoms with E-state index in [1.165, 1.54) is 6.92 Å². The predicted molar refractivity (Wildman–Crippen MR) is 110 cm³/mol. The van der Waals surface area contributed by atoms with Crippen molar-refractivity contribution in [3.05, 3.63) is 53.7 Å². The highest BCUT2D eigenvalue weighted by molar-refractivity contribution is 5.97. The maximum Gasteiger partial charge on any atom is 0.321 e. The molecule has 1 aromatic carbocycles. The van der Waals surface area contributed by atoms with E-state index >= 15 is 0 Å². The van der Waals surface area contributed by atoms with E-state index in [2.05, 4.69) is 15.6 Å². The molecule has 1 fully saturated rings. The lowest BCUT2D eigenvalue weighted by atomic mass is 10.2. The van der Waals surface area contributed by atoms with E-state index in [-0.39, 0.29) is 11.9 Å². The monoisotopic (exact) mass is 396 g/mol. The molecule has 2 heterocycles. The SMILES string of the molecule is CC(=O)NCc1ccc(NC(=O)N2CCN(c3ncccc3C(N)=O)CC2)cc1. The van der Waals surface area contributed by atoms with Gasteiger partial charge in [0.1, 0.15) is 5.82 Å². The number of primary amides is 1. The number of carbonyl (C=O) groups excluding carboxylic acids is 3. The Morgan fingerprint density at radius 1 is 1.07 bits per heavy atom. The number of piperazine rings is 1. The summed E-state index contributed by atoms with van der Waals surface area (Å²) < 4.78 is 0. The molecule has 0 aliphatic carbocycles. The van der Waals surface area contributed by atoms with Crippen molar-refractivity contribution in [3.8, 4) is 0 Å². The number of pyridine rings is 1. The molecule has 29 heavy (non-hydrogen) atoms. The summed E-state index contributed by atoms with van der Waals surface area (Å²) in [5.74, 6) is -0.0554. The fourth-order valence-corrected chi connectivity index (χ4v) is 3.10. The van der Waals surface area contributed by atoms with Gasteiger partial charge in [0.25, 0.3) is 5.91 Å². The minimum absolute atomic E-state index is 0.0878. The number of rotatable bonds is 5. The van der Waals surface area contributed by atoms with Gasteiger partial charge in [-0.15, -0.1) is 0 Å².